The minimum absolute atomic E-state index is 0.622. The lowest BCUT2D eigenvalue weighted by Crippen LogP contribution is -2.03. The lowest BCUT2D eigenvalue weighted by molar-refractivity contribution is 0.707. The van der Waals surface area contributed by atoms with Crippen LogP contribution in [0.5, 0.6) is 0 Å². The van der Waals surface area contributed by atoms with Crippen LogP contribution in [0.25, 0.3) is 0 Å². The molecule has 0 saturated carbocycles. The summed E-state index contributed by atoms with van der Waals surface area (Å²) in [5, 5.41) is 0. The van der Waals surface area contributed by atoms with Gasteiger partial charge in [-0.25, -0.2) is 0 Å². The lowest BCUT2D eigenvalue weighted by Gasteiger charge is -2.10. The zero-order chi connectivity index (χ0) is 7.56. The molecule has 0 aromatic heterocycles. The Labute approximate surface area is 82.2 Å². The Kier molecular flexibility index (Phi) is 3.53. The predicted molar refractivity (Wildman–Crippen MR) is 57.2 cm³/mol. The summed E-state index contributed by atoms with van der Waals surface area (Å²) in [6.07, 6.45) is 3.40. The third-order valence-electron chi connectivity index (χ3n) is 1.64. The van der Waals surface area contributed by atoms with Gasteiger partial charge in [-0.2, -0.15) is 0 Å². The van der Waals surface area contributed by atoms with Gasteiger partial charge in [0.05, 0.1) is 28.5 Å². The van der Waals surface area contributed by atoms with Crippen LogP contribution >= 0.6 is 30.2 Å². The minimum Gasteiger partial charge on any atom is -0.318 e. The third-order valence-corrected chi connectivity index (χ3v) is 4.22. The van der Waals surface area contributed by atoms with Crippen molar-refractivity contribution in [2.45, 2.75) is 19.0 Å². The second-order valence-electron chi connectivity index (χ2n) is 2.21. The van der Waals surface area contributed by atoms with Gasteiger partial charge in [-0.05, 0) is 20.7 Å². The van der Waals surface area contributed by atoms with Gasteiger partial charge in [0.15, 0.2) is 0 Å². The maximum absolute atomic E-state index is 5.01. The van der Waals surface area contributed by atoms with Crippen molar-refractivity contribution in [3.05, 3.63) is 11.8 Å². The van der Waals surface area contributed by atoms with Crippen molar-refractivity contribution in [3.63, 3.8) is 0 Å². The molecule has 0 bridgehead atoms. The van der Waals surface area contributed by atoms with E-state index in [4.69, 9.17) is 11.8 Å². The van der Waals surface area contributed by atoms with Gasteiger partial charge in [-0.15, -0.1) is 0 Å². The van der Waals surface area contributed by atoms with E-state index in [2.05, 4.69) is 39.0 Å². The molecule has 0 amide bonds. The van der Waals surface area contributed by atoms with Crippen molar-refractivity contribution in [1.82, 2.24) is 3.11 Å². The minimum atomic E-state index is 0.622. The maximum Gasteiger partial charge on any atom is 0.0588 e. The van der Waals surface area contributed by atoms with E-state index < -0.39 is 0 Å². The first-order chi connectivity index (χ1) is 4.79. The molecular formula is C6H9INPS. The first kappa shape index (κ1) is 8.88. The van der Waals surface area contributed by atoms with Gasteiger partial charge in [-0.1, -0.05) is 17.9 Å². The standard InChI is InChI=1S/C6H9INPS/c1-2-5-6(9-10)3-4-8(5)7/h2,6H,3-4H2,1H3/b5-2+/t6-/m0/s1. The molecule has 0 spiro atoms. The Morgan fingerprint density at radius 1 is 1.90 bits per heavy atom. The largest absolute Gasteiger partial charge is 0.318 e. The first-order valence-electron chi connectivity index (χ1n) is 3.21. The molecule has 0 aliphatic carbocycles. The molecule has 0 radical (unpaired) electrons. The molecule has 1 atom stereocenters. The van der Waals surface area contributed by atoms with Crippen LogP contribution in [0.1, 0.15) is 13.3 Å². The van der Waals surface area contributed by atoms with Crippen LogP contribution in [0.2, 0.25) is 0 Å². The van der Waals surface area contributed by atoms with Gasteiger partial charge >= 0.3 is 0 Å². The Balaban J connectivity index is 2.72. The van der Waals surface area contributed by atoms with Crippen molar-refractivity contribution >= 4 is 42.0 Å². The summed E-state index contributed by atoms with van der Waals surface area (Å²) in [7, 11) is 1.10. The quantitative estimate of drug-likeness (QED) is 0.414. The van der Waals surface area contributed by atoms with Gasteiger partial charge in [0.1, 0.15) is 0 Å². The first-order valence-corrected chi connectivity index (χ1v) is 6.15. The third kappa shape index (κ3) is 1.69. The van der Waals surface area contributed by atoms with Crippen molar-refractivity contribution < 1.29 is 0 Å². The number of hydrogen-bond donors (Lipinski definition) is 0. The van der Waals surface area contributed by atoms with Crippen LogP contribution < -0.4 is 0 Å². The molecule has 1 aliphatic heterocycles. The molecule has 1 nitrogen and oxygen atoms in total. The molecule has 0 N–H and O–H groups in total. The highest BCUT2D eigenvalue weighted by molar-refractivity contribution is 14.1. The van der Waals surface area contributed by atoms with Crippen LogP contribution in [0.4, 0.5) is 0 Å². The Bertz CT molecular complexity index is 171. The van der Waals surface area contributed by atoms with E-state index in [0.717, 1.165) is 13.9 Å². The highest BCUT2D eigenvalue weighted by Crippen LogP contribution is 2.32. The summed E-state index contributed by atoms with van der Waals surface area (Å²) in [6, 6.07) is 0. The maximum atomic E-state index is 5.01. The fraction of sp³-hybridized carbons (Fsp3) is 0.667. The molecule has 56 valence electrons. The fourth-order valence-electron chi connectivity index (χ4n) is 1.11. The average molecular weight is 285 g/mol. The van der Waals surface area contributed by atoms with Crippen molar-refractivity contribution in [3.8, 4) is 0 Å². The Hall–Kier alpha value is 0.790. The number of hydrogen-bond acceptors (Lipinski definition) is 2. The van der Waals surface area contributed by atoms with E-state index in [0.29, 0.717) is 5.66 Å². The van der Waals surface area contributed by atoms with Gasteiger partial charge < -0.3 is 3.11 Å². The summed E-state index contributed by atoms with van der Waals surface area (Å²) in [5.74, 6) is 0. The van der Waals surface area contributed by atoms with Crippen LogP contribution in [-0.2, 0) is 11.8 Å². The van der Waals surface area contributed by atoms with Gasteiger partial charge in [0, 0.05) is 12.2 Å². The van der Waals surface area contributed by atoms with E-state index in [1.165, 1.54) is 12.1 Å². The molecular weight excluding hydrogens is 276 g/mol. The zero-order valence-electron chi connectivity index (χ0n) is 5.75. The van der Waals surface area contributed by atoms with Crippen molar-refractivity contribution in [1.29, 1.82) is 0 Å². The molecule has 1 aliphatic rings. The SMILES string of the molecule is C/C=C1\[C@@H](P=S)CCN1I. The summed E-state index contributed by atoms with van der Waals surface area (Å²) < 4.78 is 2.27. The predicted octanol–water partition coefficient (Wildman–Crippen LogP) is 2.72. The van der Waals surface area contributed by atoms with E-state index in [-0.39, 0.29) is 0 Å². The van der Waals surface area contributed by atoms with Crippen LogP contribution in [0.3, 0.4) is 0 Å². The number of rotatable bonds is 1. The molecule has 1 heterocycles. The molecule has 0 aromatic carbocycles. The number of halogens is 1. The van der Waals surface area contributed by atoms with E-state index in [9.17, 15) is 0 Å². The Morgan fingerprint density at radius 3 is 3.00 bits per heavy atom. The van der Waals surface area contributed by atoms with Crippen LogP contribution in [-0.4, -0.2) is 15.3 Å². The fourth-order valence-corrected chi connectivity index (χ4v) is 3.48. The molecule has 10 heavy (non-hydrogen) atoms. The molecule has 1 fully saturated rings. The molecule has 4 heteroatoms. The van der Waals surface area contributed by atoms with Gasteiger partial charge in [-0.3, -0.25) is 0 Å². The van der Waals surface area contributed by atoms with Gasteiger partial charge in [0.2, 0.25) is 0 Å². The van der Waals surface area contributed by atoms with Gasteiger partial charge in [0.25, 0.3) is 0 Å². The number of nitrogens with zero attached hydrogens (tertiary/aromatic N) is 1. The Morgan fingerprint density at radius 2 is 2.60 bits per heavy atom. The van der Waals surface area contributed by atoms with E-state index >= 15 is 0 Å². The normalized spacial score (nSPS) is 30.4. The molecule has 0 aromatic rings. The monoisotopic (exact) mass is 285 g/mol. The smallest absolute Gasteiger partial charge is 0.0588 e. The summed E-state index contributed by atoms with van der Waals surface area (Å²) in [6.45, 7) is 3.24. The molecule has 0 unspecified atom stereocenters. The summed E-state index contributed by atoms with van der Waals surface area (Å²) >= 11 is 7.36. The molecule has 1 rings (SSSR count). The summed E-state index contributed by atoms with van der Waals surface area (Å²) in [5.41, 5.74) is 2.04. The second-order valence-corrected chi connectivity index (χ2v) is 4.84. The number of allylic oxidation sites excluding steroid dienone is 2. The van der Waals surface area contributed by atoms with E-state index in [1.807, 2.05) is 0 Å². The second kappa shape index (κ2) is 3.98. The van der Waals surface area contributed by atoms with Crippen LogP contribution in [0.15, 0.2) is 11.8 Å². The van der Waals surface area contributed by atoms with Crippen molar-refractivity contribution in [2.75, 3.05) is 6.54 Å². The lowest BCUT2D eigenvalue weighted by atomic mass is 10.3. The topological polar surface area (TPSA) is 3.24 Å². The van der Waals surface area contributed by atoms with Crippen LogP contribution in [0, 0.1) is 0 Å². The van der Waals surface area contributed by atoms with Crippen molar-refractivity contribution in [2.24, 2.45) is 0 Å². The zero-order valence-corrected chi connectivity index (χ0v) is 9.62. The highest BCUT2D eigenvalue weighted by Gasteiger charge is 2.23. The molecule has 1 saturated heterocycles. The summed E-state index contributed by atoms with van der Waals surface area (Å²) in [4.78, 5) is 0. The highest BCUT2D eigenvalue weighted by atomic mass is 127. The van der Waals surface area contributed by atoms with E-state index in [1.54, 1.807) is 0 Å². The average Bonchev–Trinajstić information content (AvgIpc) is 2.30.